The number of methoxy groups -OCH3 is 1. The Bertz CT molecular complexity index is 1460. The predicted molar refractivity (Wildman–Crippen MR) is 159 cm³/mol. The summed E-state index contributed by atoms with van der Waals surface area (Å²) in [5, 5.41) is 7.71. The number of esters is 1. The van der Waals surface area contributed by atoms with Gasteiger partial charge in [-0.05, 0) is 44.0 Å². The number of nitrogens with zero attached hydrogens (tertiary/aromatic N) is 3. The summed E-state index contributed by atoms with van der Waals surface area (Å²) in [5.41, 5.74) is 1.24. The second-order valence-corrected chi connectivity index (χ2v) is 12.5. The molecule has 1 saturated heterocycles. The minimum atomic E-state index is -1.60. The molecule has 0 radical (unpaired) electrons. The third-order valence-corrected chi connectivity index (χ3v) is 9.68. The van der Waals surface area contributed by atoms with Crippen LogP contribution in [0.3, 0.4) is 0 Å². The third-order valence-electron chi connectivity index (χ3n) is 6.33. The van der Waals surface area contributed by atoms with Crippen LogP contribution in [0.25, 0.3) is 0 Å². The van der Waals surface area contributed by atoms with Crippen molar-refractivity contribution < 1.29 is 37.7 Å². The Morgan fingerprint density at radius 2 is 2.00 bits per heavy atom. The summed E-state index contributed by atoms with van der Waals surface area (Å²) in [6.07, 6.45) is -0.910. The molecule has 0 saturated carbocycles. The van der Waals surface area contributed by atoms with Crippen LogP contribution in [0.2, 0.25) is 0 Å². The number of hydrogen-bond acceptors (Lipinski definition) is 11. The summed E-state index contributed by atoms with van der Waals surface area (Å²) >= 11 is 3.32. The SMILES string of the molecule is COc1ccc(COC(=O)C2=C(CI)CS(=O)[C@@H]3[C@H](NC(=O)/C(=N\O[C@@H](C)C(C)=O)c4csc(C)n4)C(=O)N23)cc1. The van der Waals surface area contributed by atoms with Crippen LogP contribution < -0.4 is 10.1 Å². The van der Waals surface area contributed by atoms with E-state index in [-0.39, 0.29) is 35.2 Å². The number of aryl methyl sites for hydroxylation is 1. The van der Waals surface area contributed by atoms with Crippen molar-refractivity contribution in [3.8, 4) is 5.75 Å². The Labute approximate surface area is 256 Å². The molecule has 4 atom stereocenters. The van der Waals surface area contributed by atoms with E-state index in [2.05, 4.69) is 15.5 Å². The summed E-state index contributed by atoms with van der Waals surface area (Å²) in [6, 6.07) is 5.80. The van der Waals surface area contributed by atoms with E-state index in [1.54, 1.807) is 43.7 Å². The number of rotatable bonds is 11. The molecule has 2 amide bonds. The molecular formula is C26H27IN4O8S2. The molecule has 1 unspecified atom stereocenters. The number of benzene rings is 1. The highest BCUT2D eigenvalue weighted by molar-refractivity contribution is 14.1. The molecule has 1 aromatic heterocycles. The van der Waals surface area contributed by atoms with Gasteiger partial charge < -0.3 is 19.6 Å². The Balaban J connectivity index is 1.52. The van der Waals surface area contributed by atoms with Crippen molar-refractivity contribution in [2.75, 3.05) is 17.3 Å². The summed E-state index contributed by atoms with van der Waals surface area (Å²) in [6.45, 7) is 4.51. The highest BCUT2D eigenvalue weighted by Crippen LogP contribution is 2.36. The zero-order valence-electron chi connectivity index (χ0n) is 22.5. The van der Waals surface area contributed by atoms with Gasteiger partial charge in [0.15, 0.2) is 17.6 Å². The Kier molecular flexibility index (Phi) is 9.91. The molecule has 0 spiro atoms. The van der Waals surface area contributed by atoms with Gasteiger partial charge in [0, 0.05) is 9.81 Å². The fourth-order valence-corrected chi connectivity index (χ4v) is 7.26. The number of halogens is 1. The van der Waals surface area contributed by atoms with Crippen LogP contribution >= 0.6 is 33.9 Å². The number of fused-ring (bicyclic) bond motifs is 1. The third kappa shape index (κ3) is 6.67. The lowest BCUT2D eigenvalue weighted by Gasteiger charge is -2.49. The molecule has 1 fully saturated rings. The number of alkyl halides is 1. The quantitative estimate of drug-likeness (QED) is 0.0920. The van der Waals surface area contributed by atoms with Crippen molar-refractivity contribution >= 4 is 74.0 Å². The van der Waals surface area contributed by atoms with Crippen LogP contribution in [0.4, 0.5) is 0 Å². The van der Waals surface area contributed by atoms with Gasteiger partial charge in [-0.25, -0.2) is 9.78 Å². The van der Waals surface area contributed by atoms with E-state index in [0.29, 0.717) is 20.8 Å². The molecule has 2 aliphatic heterocycles. The van der Waals surface area contributed by atoms with Gasteiger partial charge in [0.25, 0.3) is 11.8 Å². The van der Waals surface area contributed by atoms with Gasteiger partial charge in [-0.15, -0.1) is 11.3 Å². The number of ether oxygens (including phenoxy) is 2. The molecule has 3 heterocycles. The number of thiazole rings is 1. The van der Waals surface area contributed by atoms with Crippen molar-refractivity contribution in [1.29, 1.82) is 0 Å². The number of carbonyl (C=O) groups excluding carboxylic acids is 4. The Hall–Kier alpha value is -3.18. The largest absolute Gasteiger partial charge is 0.497 e. The molecule has 218 valence electrons. The fraction of sp³-hybridized carbons (Fsp3) is 0.385. The number of β-lactam (4-membered cyclic amide) rings is 1. The van der Waals surface area contributed by atoms with Crippen molar-refractivity contribution in [1.82, 2.24) is 15.2 Å². The van der Waals surface area contributed by atoms with Crippen molar-refractivity contribution in [2.45, 2.75) is 44.9 Å². The maximum atomic E-state index is 13.3. The zero-order chi connectivity index (χ0) is 29.8. The summed E-state index contributed by atoms with van der Waals surface area (Å²) in [4.78, 5) is 62.0. The summed E-state index contributed by atoms with van der Waals surface area (Å²) in [5.74, 6) is -1.73. The lowest BCUT2D eigenvalue weighted by Crippen LogP contribution is -2.74. The van der Waals surface area contributed by atoms with E-state index >= 15 is 0 Å². The van der Waals surface area contributed by atoms with E-state index in [4.69, 9.17) is 14.3 Å². The number of oxime groups is 1. The Morgan fingerprint density at radius 3 is 2.59 bits per heavy atom. The second-order valence-electron chi connectivity index (χ2n) is 9.13. The van der Waals surface area contributed by atoms with Crippen LogP contribution in [0, 0.1) is 6.92 Å². The molecule has 4 rings (SSSR count). The first kappa shape index (κ1) is 30.8. The molecule has 12 nitrogen and oxygen atoms in total. The smallest absolute Gasteiger partial charge is 0.355 e. The Morgan fingerprint density at radius 1 is 1.29 bits per heavy atom. The monoisotopic (exact) mass is 714 g/mol. The van der Waals surface area contributed by atoms with Crippen LogP contribution in [0.1, 0.15) is 30.1 Å². The number of nitrogens with one attached hydrogen (secondary N) is 1. The maximum absolute atomic E-state index is 13.3. The maximum Gasteiger partial charge on any atom is 0.355 e. The standard InChI is InChI=1S/C26H27IN4O8S2/c1-13(32)14(2)39-30-20(19-11-40-15(3)28-19)23(33)29-21-24(34)31-22(17(9-27)12-41(36)25(21)31)26(35)38-10-16-5-7-18(37-4)8-6-16/h5-8,11,14,21,25H,9-10,12H2,1-4H3,(H,29,33)/b30-20-/t14-,21+,25+,41?/m0/s1. The number of ketones is 1. The van der Waals surface area contributed by atoms with E-state index in [0.717, 1.165) is 10.5 Å². The number of carbonyl (C=O) groups is 4. The van der Waals surface area contributed by atoms with Gasteiger partial charge in [0.2, 0.25) is 0 Å². The van der Waals surface area contributed by atoms with Crippen LogP contribution in [-0.2, 0) is 46.2 Å². The first-order chi connectivity index (χ1) is 19.5. The van der Waals surface area contributed by atoms with Crippen LogP contribution in [0.5, 0.6) is 5.75 Å². The molecule has 15 heteroatoms. The molecule has 0 bridgehead atoms. The minimum Gasteiger partial charge on any atom is -0.497 e. The van der Waals surface area contributed by atoms with Crippen molar-refractivity contribution in [2.24, 2.45) is 5.16 Å². The first-order valence-corrected chi connectivity index (χ1v) is 16.1. The second kappa shape index (κ2) is 13.2. The van der Waals surface area contributed by atoms with Gasteiger partial charge in [0.05, 0.1) is 28.7 Å². The van der Waals surface area contributed by atoms with Crippen molar-refractivity contribution in [3.63, 3.8) is 0 Å². The molecule has 1 aromatic carbocycles. The summed E-state index contributed by atoms with van der Waals surface area (Å²) < 4.78 is 24.2. The average molecular weight is 715 g/mol. The topological polar surface area (TPSA) is 154 Å². The van der Waals surface area contributed by atoms with E-state index < -0.39 is 46.1 Å². The highest BCUT2D eigenvalue weighted by atomic mass is 127. The molecule has 0 aliphatic carbocycles. The number of Topliss-reactive ketones (excluding diaryl/α,β-unsaturated/α-hetero) is 1. The van der Waals surface area contributed by atoms with Gasteiger partial charge in [-0.1, -0.05) is 39.9 Å². The average Bonchev–Trinajstić information content (AvgIpc) is 3.39. The minimum absolute atomic E-state index is 0.0376. The normalized spacial score (nSPS) is 21.0. The molecule has 41 heavy (non-hydrogen) atoms. The molecule has 2 aliphatic rings. The zero-order valence-corrected chi connectivity index (χ0v) is 26.3. The van der Waals surface area contributed by atoms with E-state index in [1.807, 2.05) is 22.6 Å². The van der Waals surface area contributed by atoms with Gasteiger partial charge >= 0.3 is 5.97 Å². The van der Waals surface area contributed by atoms with Crippen LogP contribution in [-0.4, -0.2) is 78.2 Å². The van der Waals surface area contributed by atoms with Gasteiger partial charge in [0.1, 0.15) is 35.2 Å². The molecule has 1 N–H and O–H groups in total. The lowest BCUT2D eigenvalue weighted by atomic mass is 10.0. The van der Waals surface area contributed by atoms with Gasteiger partial charge in [-0.2, -0.15) is 0 Å². The number of amides is 2. The summed E-state index contributed by atoms with van der Waals surface area (Å²) in [7, 11) is -0.0522. The number of aromatic nitrogens is 1. The van der Waals surface area contributed by atoms with Gasteiger partial charge in [-0.3, -0.25) is 23.5 Å². The van der Waals surface area contributed by atoms with Crippen molar-refractivity contribution in [3.05, 3.63) is 57.2 Å². The van der Waals surface area contributed by atoms with E-state index in [9.17, 15) is 23.4 Å². The predicted octanol–water partition coefficient (Wildman–Crippen LogP) is 2.01. The first-order valence-electron chi connectivity index (χ1n) is 12.3. The lowest BCUT2D eigenvalue weighted by molar-refractivity contribution is -0.153. The fourth-order valence-electron chi connectivity index (χ4n) is 3.98. The molecule has 2 aromatic rings. The molecular weight excluding hydrogens is 687 g/mol. The van der Waals surface area contributed by atoms with Crippen LogP contribution in [0.15, 0.2) is 46.1 Å². The van der Waals surface area contributed by atoms with E-state index in [1.165, 1.54) is 25.2 Å². The number of hydrogen-bond donors (Lipinski definition) is 1. The highest BCUT2D eigenvalue weighted by Gasteiger charge is 2.57.